The quantitative estimate of drug-likeness (QED) is 0.881. The van der Waals surface area contributed by atoms with Crippen LogP contribution in [0.2, 0.25) is 0 Å². The minimum Gasteiger partial charge on any atom is -0.493 e. The summed E-state index contributed by atoms with van der Waals surface area (Å²) in [4.78, 5) is 13.7. The summed E-state index contributed by atoms with van der Waals surface area (Å²) in [5, 5.41) is 4.87. The standard InChI is InChI=1S/C18H21NO5S/c1-18(10-23-16(24-11-18)15-5-4-8-25-15)17(20)19-12-6-7-13(21-2)14(9-12)22-3/h4-9,16H,10-11H2,1-3H3,(H,19,20). The predicted octanol–water partition coefficient (Wildman–Crippen LogP) is 3.46. The Balaban J connectivity index is 1.65. The number of nitrogens with one attached hydrogen (secondary N) is 1. The smallest absolute Gasteiger partial charge is 0.235 e. The zero-order chi connectivity index (χ0) is 17.9. The number of rotatable bonds is 5. The van der Waals surface area contributed by atoms with E-state index in [9.17, 15) is 4.79 Å². The van der Waals surface area contributed by atoms with Crippen molar-refractivity contribution in [3.63, 3.8) is 0 Å². The van der Waals surface area contributed by atoms with Gasteiger partial charge in [0.05, 0.1) is 37.7 Å². The van der Waals surface area contributed by atoms with Crippen molar-refractivity contribution < 1.29 is 23.7 Å². The first kappa shape index (κ1) is 17.7. The first-order valence-corrected chi connectivity index (χ1v) is 8.74. The van der Waals surface area contributed by atoms with Gasteiger partial charge in [0.2, 0.25) is 5.91 Å². The van der Waals surface area contributed by atoms with Crippen LogP contribution in [-0.4, -0.2) is 33.3 Å². The Morgan fingerprint density at radius 3 is 2.52 bits per heavy atom. The van der Waals surface area contributed by atoms with Gasteiger partial charge in [-0.05, 0) is 30.5 Å². The second kappa shape index (κ2) is 7.43. The summed E-state index contributed by atoms with van der Waals surface area (Å²) in [6, 6.07) is 9.14. The third-order valence-electron chi connectivity index (χ3n) is 4.07. The predicted molar refractivity (Wildman–Crippen MR) is 95.2 cm³/mol. The van der Waals surface area contributed by atoms with Crippen LogP contribution < -0.4 is 14.8 Å². The lowest BCUT2D eigenvalue weighted by Gasteiger charge is -2.35. The Bertz CT molecular complexity index is 723. The number of benzene rings is 1. The van der Waals surface area contributed by atoms with Gasteiger partial charge in [-0.15, -0.1) is 11.3 Å². The second-order valence-electron chi connectivity index (χ2n) is 6.05. The molecule has 0 saturated carbocycles. The lowest BCUT2D eigenvalue weighted by atomic mass is 9.90. The summed E-state index contributed by atoms with van der Waals surface area (Å²) in [5.41, 5.74) is -0.134. The largest absolute Gasteiger partial charge is 0.493 e. The van der Waals surface area contributed by atoms with E-state index < -0.39 is 11.7 Å². The lowest BCUT2D eigenvalue weighted by molar-refractivity contribution is -0.225. The molecule has 2 aromatic rings. The minimum atomic E-state index is -0.763. The summed E-state index contributed by atoms with van der Waals surface area (Å²) in [6.07, 6.45) is -0.401. The number of carbonyl (C=O) groups is 1. The van der Waals surface area contributed by atoms with Gasteiger partial charge in [-0.2, -0.15) is 0 Å². The molecule has 0 unspecified atom stereocenters. The summed E-state index contributed by atoms with van der Waals surface area (Å²) in [5.74, 6) is 0.999. The molecular formula is C18H21NO5S. The van der Waals surface area contributed by atoms with Gasteiger partial charge in [0.25, 0.3) is 0 Å². The van der Waals surface area contributed by atoms with Crippen molar-refractivity contribution in [3.8, 4) is 11.5 Å². The molecule has 6 nitrogen and oxygen atoms in total. The van der Waals surface area contributed by atoms with Crippen LogP contribution in [0.15, 0.2) is 35.7 Å². The molecule has 0 spiro atoms. The van der Waals surface area contributed by atoms with Crippen molar-refractivity contribution in [2.24, 2.45) is 5.41 Å². The Kier molecular flexibility index (Phi) is 5.27. The fourth-order valence-electron chi connectivity index (χ4n) is 2.53. The Morgan fingerprint density at radius 2 is 1.92 bits per heavy atom. The molecule has 0 radical (unpaired) electrons. The van der Waals surface area contributed by atoms with Gasteiger partial charge in [-0.1, -0.05) is 6.07 Å². The molecule has 1 aliphatic rings. The molecule has 0 atom stereocenters. The van der Waals surface area contributed by atoms with Crippen LogP contribution in [0.25, 0.3) is 0 Å². The molecule has 1 saturated heterocycles. The zero-order valence-electron chi connectivity index (χ0n) is 14.4. The van der Waals surface area contributed by atoms with E-state index in [1.807, 2.05) is 24.4 Å². The molecule has 1 aromatic heterocycles. The van der Waals surface area contributed by atoms with E-state index in [2.05, 4.69) is 5.32 Å². The number of hydrogen-bond donors (Lipinski definition) is 1. The van der Waals surface area contributed by atoms with Crippen LogP contribution in [0.1, 0.15) is 18.1 Å². The summed E-state index contributed by atoms with van der Waals surface area (Å²) in [6.45, 7) is 2.40. The normalized spacial score (nSPS) is 23.1. The first-order chi connectivity index (χ1) is 12.1. The van der Waals surface area contributed by atoms with E-state index >= 15 is 0 Å². The van der Waals surface area contributed by atoms with Crippen LogP contribution in [0.4, 0.5) is 5.69 Å². The molecule has 1 amide bonds. The van der Waals surface area contributed by atoms with Gasteiger partial charge in [0, 0.05) is 11.8 Å². The summed E-state index contributed by atoms with van der Waals surface area (Å²) < 4.78 is 22.0. The highest BCUT2D eigenvalue weighted by molar-refractivity contribution is 7.10. The Hall–Kier alpha value is -2.09. The minimum absolute atomic E-state index is 0.163. The maximum Gasteiger partial charge on any atom is 0.235 e. The van der Waals surface area contributed by atoms with E-state index in [-0.39, 0.29) is 19.1 Å². The van der Waals surface area contributed by atoms with Gasteiger partial charge in [-0.3, -0.25) is 4.79 Å². The molecule has 1 aromatic carbocycles. The number of carbonyl (C=O) groups excluding carboxylic acids is 1. The van der Waals surface area contributed by atoms with E-state index in [4.69, 9.17) is 18.9 Å². The van der Waals surface area contributed by atoms with Gasteiger partial charge < -0.3 is 24.3 Å². The number of anilines is 1. The van der Waals surface area contributed by atoms with Crippen LogP contribution in [0.5, 0.6) is 11.5 Å². The van der Waals surface area contributed by atoms with Crippen LogP contribution >= 0.6 is 11.3 Å². The van der Waals surface area contributed by atoms with E-state index in [1.165, 1.54) is 0 Å². The Morgan fingerprint density at radius 1 is 1.20 bits per heavy atom. The topological polar surface area (TPSA) is 66.0 Å². The SMILES string of the molecule is COc1ccc(NC(=O)C2(C)COC(c3cccs3)OC2)cc1OC. The summed E-state index contributed by atoms with van der Waals surface area (Å²) >= 11 is 1.57. The van der Waals surface area contributed by atoms with Crippen molar-refractivity contribution >= 4 is 22.9 Å². The van der Waals surface area contributed by atoms with E-state index in [1.54, 1.807) is 43.8 Å². The van der Waals surface area contributed by atoms with Crippen molar-refractivity contribution in [3.05, 3.63) is 40.6 Å². The number of ether oxygens (including phenoxy) is 4. The van der Waals surface area contributed by atoms with E-state index in [0.29, 0.717) is 17.2 Å². The van der Waals surface area contributed by atoms with Crippen LogP contribution in [0, 0.1) is 5.41 Å². The van der Waals surface area contributed by atoms with Crippen molar-refractivity contribution in [2.45, 2.75) is 13.2 Å². The fraction of sp³-hybridized carbons (Fsp3) is 0.389. The lowest BCUT2D eigenvalue weighted by Crippen LogP contribution is -2.45. The van der Waals surface area contributed by atoms with Crippen molar-refractivity contribution in [1.82, 2.24) is 0 Å². The monoisotopic (exact) mass is 363 g/mol. The van der Waals surface area contributed by atoms with Gasteiger partial charge in [-0.25, -0.2) is 0 Å². The zero-order valence-corrected chi connectivity index (χ0v) is 15.2. The van der Waals surface area contributed by atoms with Crippen LogP contribution in [0.3, 0.4) is 0 Å². The highest BCUT2D eigenvalue weighted by atomic mass is 32.1. The third-order valence-corrected chi connectivity index (χ3v) is 4.97. The second-order valence-corrected chi connectivity index (χ2v) is 7.03. The third kappa shape index (κ3) is 3.78. The molecule has 134 valence electrons. The van der Waals surface area contributed by atoms with Crippen molar-refractivity contribution in [1.29, 1.82) is 0 Å². The maximum absolute atomic E-state index is 12.7. The van der Waals surface area contributed by atoms with Gasteiger partial charge in [0.1, 0.15) is 0 Å². The summed E-state index contributed by atoms with van der Waals surface area (Å²) in [7, 11) is 3.12. The number of amides is 1. The van der Waals surface area contributed by atoms with Crippen LogP contribution in [-0.2, 0) is 14.3 Å². The number of hydrogen-bond acceptors (Lipinski definition) is 6. The molecule has 25 heavy (non-hydrogen) atoms. The van der Waals surface area contributed by atoms with Gasteiger partial charge >= 0.3 is 0 Å². The molecule has 7 heteroatoms. The molecule has 0 bridgehead atoms. The highest BCUT2D eigenvalue weighted by Gasteiger charge is 2.40. The van der Waals surface area contributed by atoms with Gasteiger partial charge in [0.15, 0.2) is 17.8 Å². The molecule has 3 rings (SSSR count). The maximum atomic E-state index is 12.7. The molecule has 1 N–H and O–H groups in total. The van der Waals surface area contributed by atoms with E-state index in [0.717, 1.165) is 4.88 Å². The number of thiophene rings is 1. The highest BCUT2D eigenvalue weighted by Crippen LogP contribution is 2.35. The first-order valence-electron chi connectivity index (χ1n) is 7.86. The van der Waals surface area contributed by atoms with Crippen molar-refractivity contribution in [2.75, 3.05) is 32.8 Å². The fourth-order valence-corrected chi connectivity index (χ4v) is 3.24. The average molecular weight is 363 g/mol. The number of methoxy groups -OCH3 is 2. The molecule has 0 aliphatic carbocycles. The molecule has 2 heterocycles. The Labute approximate surface area is 150 Å². The molecule has 1 aliphatic heterocycles. The average Bonchev–Trinajstić information content (AvgIpc) is 3.16. The molecular weight excluding hydrogens is 342 g/mol. The molecule has 1 fully saturated rings.